The van der Waals surface area contributed by atoms with Crippen LogP contribution < -0.4 is 0 Å². The van der Waals surface area contributed by atoms with Gasteiger partial charge >= 0.3 is 0 Å². The maximum Gasteiger partial charge on any atom is 0.251 e. The summed E-state index contributed by atoms with van der Waals surface area (Å²) >= 11 is 1.82. The van der Waals surface area contributed by atoms with Gasteiger partial charge in [0.2, 0.25) is 5.89 Å². The third kappa shape index (κ3) is 3.36. The molecular formula is C21H22N4O2S. The molecule has 0 radical (unpaired) electrons. The fourth-order valence-electron chi connectivity index (χ4n) is 3.93. The predicted molar refractivity (Wildman–Crippen MR) is 108 cm³/mol. The molecular weight excluding hydrogens is 372 g/mol. The summed E-state index contributed by atoms with van der Waals surface area (Å²) in [7, 11) is 0. The maximum atomic E-state index is 5.92. The Bertz CT molecular complexity index is 1080. The number of benzene rings is 1. The van der Waals surface area contributed by atoms with Gasteiger partial charge < -0.3 is 8.83 Å². The lowest BCUT2D eigenvalue weighted by Gasteiger charge is -2.30. The molecule has 0 N–H and O–H groups in total. The van der Waals surface area contributed by atoms with E-state index in [0.29, 0.717) is 24.2 Å². The first-order valence-corrected chi connectivity index (χ1v) is 10.4. The third-order valence-corrected chi connectivity index (χ3v) is 6.46. The van der Waals surface area contributed by atoms with E-state index in [1.807, 2.05) is 31.3 Å². The molecule has 1 atom stereocenters. The summed E-state index contributed by atoms with van der Waals surface area (Å²) in [6.45, 7) is 6.53. The van der Waals surface area contributed by atoms with Gasteiger partial charge in [0.1, 0.15) is 11.5 Å². The van der Waals surface area contributed by atoms with Crippen LogP contribution in [0.2, 0.25) is 0 Å². The highest BCUT2D eigenvalue weighted by molar-refractivity contribution is 7.18. The Labute approximate surface area is 167 Å². The van der Waals surface area contributed by atoms with Gasteiger partial charge in [-0.3, -0.25) is 4.90 Å². The first-order valence-electron chi connectivity index (χ1n) is 9.63. The zero-order valence-electron chi connectivity index (χ0n) is 16.0. The molecule has 7 heteroatoms. The number of aryl methyl sites for hydroxylation is 2. The minimum absolute atomic E-state index is 0.465. The Morgan fingerprint density at radius 3 is 2.89 bits per heavy atom. The molecule has 0 amide bonds. The van der Waals surface area contributed by atoms with Crippen LogP contribution in [0.3, 0.4) is 0 Å². The number of aromatic nitrogens is 3. The van der Waals surface area contributed by atoms with Crippen molar-refractivity contribution in [1.82, 2.24) is 20.1 Å². The Hall–Kier alpha value is -2.51. The van der Waals surface area contributed by atoms with E-state index in [1.54, 1.807) is 0 Å². The number of nitrogens with zero attached hydrogens (tertiary/aromatic N) is 4. The summed E-state index contributed by atoms with van der Waals surface area (Å²) in [5, 5.41) is 9.71. The van der Waals surface area contributed by atoms with Crippen molar-refractivity contribution in [2.75, 3.05) is 13.1 Å². The molecule has 0 aliphatic carbocycles. The zero-order valence-corrected chi connectivity index (χ0v) is 16.8. The summed E-state index contributed by atoms with van der Waals surface area (Å²) in [5.41, 5.74) is 1.98. The van der Waals surface area contributed by atoms with Crippen LogP contribution in [0.4, 0.5) is 0 Å². The van der Waals surface area contributed by atoms with Crippen molar-refractivity contribution in [3.8, 4) is 11.5 Å². The van der Waals surface area contributed by atoms with E-state index in [1.165, 1.54) is 16.1 Å². The smallest absolute Gasteiger partial charge is 0.251 e. The maximum absolute atomic E-state index is 5.92. The van der Waals surface area contributed by atoms with E-state index in [0.717, 1.165) is 42.1 Å². The number of hydrogen-bond acceptors (Lipinski definition) is 7. The second-order valence-corrected chi connectivity index (χ2v) is 8.48. The van der Waals surface area contributed by atoms with Gasteiger partial charge in [0.05, 0.1) is 27.3 Å². The van der Waals surface area contributed by atoms with E-state index >= 15 is 0 Å². The average molecular weight is 395 g/mol. The van der Waals surface area contributed by atoms with Crippen LogP contribution in [0.1, 0.15) is 41.2 Å². The average Bonchev–Trinajstić information content (AvgIpc) is 3.40. The summed E-state index contributed by atoms with van der Waals surface area (Å²) in [6.07, 6.45) is 2.33. The molecule has 1 aliphatic heterocycles. The molecule has 4 heterocycles. The quantitative estimate of drug-likeness (QED) is 0.489. The fraction of sp³-hybridized carbons (Fsp3) is 0.381. The van der Waals surface area contributed by atoms with Crippen LogP contribution in [0, 0.1) is 13.8 Å². The van der Waals surface area contributed by atoms with Gasteiger partial charge in [-0.1, -0.05) is 12.1 Å². The van der Waals surface area contributed by atoms with E-state index in [2.05, 4.69) is 39.4 Å². The molecule has 6 nitrogen and oxygen atoms in total. The molecule has 28 heavy (non-hydrogen) atoms. The molecule has 0 spiro atoms. The van der Waals surface area contributed by atoms with Gasteiger partial charge in [0, 0.05) is 12.5 Å². The van der Waals surface area contributed by atoms with Crippen LogP contribution in [0.25, 0.3) is 21.7 Å². The van der Waals surface area contributed by atoms with Crippen molar-refractivity contribution >= 4 is 21.6 Å². The lowest BCUT2D eigenvalue weighted by Crippen LogP contribution is -2.33. The Kier molecular flexibility index (Phi) is 4.49. The summed E-state index contributed by atoms with van der Waals surface area (Å²) < 4.78 is 12.8. The van der Waals surface area contributed by atoms with E-state index in [-0.39, 0.29) is 0 Å². The number of para-hydroxylation sites is 1. The first kappa shape index (κ1) is 17.6. The molecule has 0 unspecified atom stereocenters. The molecule has 1 aromatic carbocycles. The second kappa shape index (κ2) is 7.14. The third-order valence-electron chi connectivity index (χ3n) is 5.26. The molecule has 144 valence electrons. The predicted octanol–water partition coefficient (Wildman–Crippen LogP) is 4.94. The van der Waals surface area contributed by atoms with Crippen molar-refractivity contribution in [3.05, 3.63) is 52.8 Å². The highest BCUT2D eigenvalue weighted by atomic mass is 32.1. The molecule has 3 aromatic heterocycles. The molecule has 0 bridgehead atoms. The molecule has 1 saturated heterocycles. The van der Waals surface area contributed by atoms with Gasteiger partial charge in [0.25, 0.3) is 5.89 Å². The van der Waals surface area contributed by atoms with Crippen LogP contribution in [0.5, 0.6) is 0 Å². The van der Waals surface area contributed by atoms with Gasteiger partial charge in [-0.15, -0.1) is 21.5 Å². The highest BCUT2D eigenvalue weighted by Gasteiger charge is 2.25. The number of piperidine rings is 1. The Balaban J connectivity index is 1.30. The van der Waals surface area contributed by atoms with Gasteiger partial charge in [0.15, 0.2) is 0 Å². The number of hydrogen-bond donors (Lipinski definition) is 0. The monoisotopic (exact) mass is 394 g/mol. The van der Waals surface area contributed by atoms with Crippen LogP contribution >= 0.6 is 11.3 Å². The second-order valence-electron chi connectivity index (χ2n) is 7.42. The van der Waals surface area contributed by atoms with Crippen LogP contribution in [0.15, 0.2) is 39.2 Å². The molecule has 0 saturated carbocycles. The standard InChI is InChI=1S/C21H22N4O2S/c1-13-10-16(14(2)26-13)20-24-23-19(27-20)12-25-9-5-6-15(11-25)21-22-17-7-3-4-8-18(17)28-21/h3-4,7-8,10,15H,5-6,9,11-12H2,1-2H3/t15-/m0/s1. The van der Waals surface area contributed by atoms with Crippen molar-refractivity contribution < 1.29 is 8.83 Å². The lowest BCUT2D eigenvalue weighted by atomic mass is 9.99. The van der Waals surface area contributed by atoms with Crippen molar-refractivity contribution in [2.45, 2.75) is 39.2 Å². The molecule has 5 rings (SSSR count). The van der Waals surface area contributed by atoms with Crippen molar-refractivity contribution in [1.29, 1.82) is 0 Å². The van der Waals surface area contributed by atoms with E-state index in [9.17, 15) is 0 Å². The number of fused-ring (bicyclic) bond motifs is 1. The minimum atomic E-state index is 0.465. The SMILES string of the molecule is Cc1cc(-c2nnc(CN3CCC[C@H](c4nc5ccccc5s4)C3)o2)c(C)o1. The normalized spacial score (nSPS) is 18.1. The topological polar surface area (TPSA) is 68.2 Å². The van der Waals surface area contributed by atoms with Gasteiger partial charge in [-0.2, -0.15) is 0 Å². The Morgan fingerprint density at radius 2 is 2.07 bits per heavy atom. The molecule has 1 aliphatic rings. The van der Waals surface area contributed by atoms with Gasteiger partial charge in [-0.25, -0.2) is 4.98 Å². The summed E-state index contributed by atoms with van der Waals surface area (Å²) in [6, 6.07) is 10.3. The summed E-state index contributed by atoms with van der Waals surface area (Å²) in [4.78, 5) is 7.26. The van der Waals surface area contributed by atoms with Crippen LogP contribution in [-0.4, -0.2) is 33.2 Å². The lowest BCUT2D eigenvalue weighted by molar-refractivity contribution is 0.184. The summed E-state index contributed by atoms with van der Waals surface area (Å²) in [5.74, 6) is 3.30. The van der Waals surface area contributed by atoms with E-state index in [4.69, 9.17) is 13.8 Å². The molecule has 4 aromatic rings. The molecule has 1 fully saturated rings. The number of thiazole rings is 1. The van der Waals surface area contributed by atoms with Crippen LogP contribution in [-0.2, 0) is 6.54 Å². The number of furan rings is 1. The fourth-order valence-corrected chi connectivity index (χ4v) is 5.02. The zero-order chi connectivity index (χ0) is 19.1. The van der Waals surface area contributed by atoms with E-state index < -0.39 is 0 Å². The van der Waals surface area contributed by atoms with Gasteiger partial charge in [-0.05, 0) is 51.4 Å². The number of rotatable bonds is 4. The highest BCUT2D eigenvalue weighted by Crippen LogP contribution is 2.33. The van der Waals surface area contributed by atoms with Crippen molar-refractivity contribution in [3.63, 3.8) is 0 Å². The minimum Gasteiger partial charge on any atom is -0.466 e. The first-order chi connectivity index (χ1) is 13.7. The Morgan fingerprint density at radius 1 is 1.18 bits per heavy atom. The number of likely N-dealkylation sites (tertiary alicyclic amines) is 1. The van der Waals surface area contributed by atoms with Crippen molar-refractivity contribution in [2.24, 2.45) is 0 Å². The largest absolute Gasteiger partial charge is 0.466 e.